The Morgan fingerprint density at radius 1 is 0.963 bits per heavy atom. The van der Waals surface area contributed by atoms with Crippen molar-refractivity contribution in [3.8, 4) is 0 Å². The van der Waals surface area contributed by atoms with Crippen LogP contribution in [0, 0.1) is 0 Å². The van der Waals surface area contributed by atoms with Crippen LogP contribution < -0.4 is 0 Å². The molecule has 0 bridgehead atoms. The number of aromatic nitrogens is 3. The van der Waals surface area contributed by atoms with Gasteiger partial charge in [-0.25, -0.2) is 0 Å². The number of hydrogen-bond donors (Lipinski definition) is 0. The predicted molar refractivity (Wildman–Crippen MR) is 101 cm³/mol. The molecule has 1 unspecified atom stereocenters. The fourth-order valence-electron chi connectivity index (χ4n) is 4.22. The van der Waals surface area contributed by atoms with Crippen molar-refractivity contribution in [3.63, 3.8) is 0 Å². The standard InChI is InChI=1S/C21H26N4O2/c26-18(16-8-3-1-4-9-16)12-13-20(27)24-15-7-10-17(24)21-23-22-19-11-5-2-6-14-25(19)21/h1,3-4,8-9,17H,2,5-7,10-15H2. The lowest BCUT2D eigenvalue weighted by Gasteiger charge is -2.24. The molecule has 3 heterocycles. The van der Waals surface area contributed by atoms with Crippen molar-refractivity contribution in [1.82, 2.24) is 19.7 Å². The lowest BCUT2D eigenvalue weighted by Crippen LogP contribution is -2.32. The van der Waals surface area contributed by atoms with Crippen molar-refractivity contribution in [2.24, 2.45) is 0 Å². The quantitative estimate of drug-likeness (QED) is 0.761. The molecular weight excluding hydrogens is 340 g/mol. The van der Waals surface area contributed by atoms with E-state index in [-0.39, 0.29) is 30.6 Å². The molecule has 2 aliphatic heterocycles. The summed E-state index contributed by atoms with van der Waals surface area (Å²) in [6.07, 6.45) is 6.91. The zero-order valence-corrected chi connectivity index (χ0v) is 15.6. The van der Waals surface area contributed by atoms with E-state index in [9.17, 15) is 9.59 Å². The number of amides is 1. The normalized spacial score (nSPS) is 19.6. The summed E-state index contributed by atoms with van der Waals surface area (Å²) in [5, 5.41) is 8.84. The van der Waals surface area contributed by atoms with E-state index in [1.54, 1.807) is 12.1 Å². The third-order valence-electron chi connectivity index (χ3n) is 5.67. The molecule has 2 aliphatic rings. The van der Waals surface area contributed by atoms with Gasteiger partial charge in [-0.1, -0.05) is 36.8 Å². The van der Waals surface area contributed by atoms with E-state index in [1.807, 2.05) is 23.1 Å². The second-order valence-corrected chi connectivity index (χ2v) is 7.47. The zero-order valence-electron chi connectivity index (χ0n) is 15.6. The molecule has 1 amide bonds. The number of likely N-dealkylation sites (tertiary alicyclic amines) is 1. The lowest BCUT2D eigenvalue weighted by atomic mass is 10.1. The van der Waals surface area contributed by atoms with Crippen LogP contribution >= 0.6 is 0 Å². The Balaban J connectivity index is 1.43. The highest BCUT2D eigenvalue weighted by atomic mass is 16.2. The lowest BCUT2D eigenvalue weighted by molar-refractivity contribution is -0.132. The van der Waals surface area contributed by atoms with Gasteiger partial charge in [0.25, 0.3) is 0 Å². The molecular formula is C21H26N4O2. The van der Waals surface area contributed by atoms with Gasteiger partial charge in [-0.2, -0.15) is 0 Å². The third-order valence-corrected chi connectivity index (χ3v) is 5.67. The van der Waals surface area contributed by atoms with Crippen molar-refractivity contribution in [2.75, 3.05) is 6.54 Å². The molecule has 2 aromatic rings. The van der Waals surface area contributed by atoms with Crippen LogP contribution in [0.4, 0.5) is 0 Å². The van der Waals surface area contributed by atoms with Gasteiger partial charge >= 0.3 is 0 Å². The van der Waals surface area contributed by atoms with E-state index < -0.39 is 0 Å². The number of ketones is 1. The zero-order chi connectivity index (χ0) is 18.6. The molecule has 1 saturated heterocycles. The smallest absolute Gasteiger partial charge is 0.223 e. The molecule has 4 rings (SSSR count). The molecule has 0 aliphatic carbocycles. The molecule has 1 fully saturated rings. The van der Waals surface area contributed by atoms with Crippen molar-refractivity contribution in [2.45, 2.75) is 64.0 Å². The summed E-state index contributed by atoms with van der Waals surface area (Å²) in [6, 6.07) is 9.20. The fraction of sp³-hybridized carbons (Fsp3) is 0.524. The number of aryl methyl sites for hydroxylation is 1. The maximum Gasteiger partial charge on any atom is 0.223 e. The van der Waals surface area contributed by atoms with Crippen LogP contribution in [-0.4, -0.2) is 37.9 Å². The maximum atomic E-state index is 12.8. The Labute approximate surface area is 159 Å². The van der Waals surface area contributed by atoms with Crippen molar-refractivity contribution >= 4 is 11.7 Å². The SMILES string of the molecule is O=C(CCC(=O)N1CCCC1c1nnc2n1CCCCC2)c1ccccc1. The van der Waals surface area contributed by atoms with E-state index in [0.29, 0.717) is 5.56 Å². The topological polar surface area (TPSA) is 68.1 Å². The molecule has 6 heteroatoms. The summed E-state index contributed by atoms with van der Waals surface area (Å²) in [6.45, 7) is 1.69. The van der Waals surface area contributed by atoms with Gasteiger partial charge in [-0.3, -0.25) is 9.59 Å². The average Bonchev–Trinajstić information content (AvgIpc) is 3.27. The summed E-state index contributed by atoms with van der Waals surface area (Å²) >= 11 is 0. The van der Waals surface area contributed by atoms with E-state index in [2.05, 4.69) is 14.8 Å². The molecule has 142 valence electrons. The number of hydrogen-bond acceptors (Lipinski definition) is 4. The molecule has 1 aromatic carbocycles. The van der Waals surface area contributed by atoms with Gasteiger partial charge in [-0.15, -0.1) is 10.2 Å². The Morgan fingerprint density at radius 2 is 1.81 bits per heavy atom. The first-order valence-corrected chi connectivity index (χ1v) is 10.0. The Kier molecular flexibility index (Phi) is 5.32. The number of carbonyl (C=O) groups excluding carboxylic acids is 2. The number of rotatable bonds is 5. The monoisotopic (exact) mass is 366 g/mol. The number of benzene rings is 1. The van der Waals surface area contributed by atoms with Gasteiger partial charge in [0, 0.05) is 37.9 Å². The van der Waals surface area contributed by atoms with Gasteiger partial charge in [0.05, 0.1) is 6.04 Å². The first-order valence-electron chi connectivity index (χ1n) is 10.0. The second kappa shape index (κ2) is 8.03. The Bertz CT molecular complexity index is 815. The van der Waals surface area contributed by atoms with Gasteiger partial charge in [0.1, 0.15) is 5.82 Å². The minimum Gasteiger partial charge on any atom is -0.332 e. The van der Waals surface area contributed by atoms with Gasteiger partial charge in [0.2, 0.25) is 5.91 Å². The maximum absolute atomic E-state index is 12.8. The molecule has 0 radical (unpaired) electrons. The minimum absolute atomic E-state index is 0.00340. The summed E-state index contributed by atoms with van der Waals surface area (Å²) in [4.78, 5) is 27.1. The van der Waals surface area contributed by atoms with E-state index in [4.69, 9.17) is 0 Å². The Morgan fingerprint density at radius 3 is 2.67 bits per heavy atom. The van der Waals surface area contributed by atoms with Crippen molar-refractivity contribution in [3.05, 3.63) is 47.5 Å². The number of carbonyl (C=O) groups is 2. The molecule has 6 nitrogen and oxygen atoms in total. The predicted octanol–water partition coefficient (Wildman–Crippen LogP) is 3.33. The number of nitrogens with zero attached hydrogens (tertiary/aromatic N) is 4. The van der Waals surface area contributed by atoms with Gasteiger partial charge < -0.3 is 9.47 Å². The van der Waals surface area contributed by atoms with Crippen LogP contribution in [0.1, 0.15) is 73.0 Å². The first-order chi connectivity index (χ1) is 13.2. The van der Waals surface area contributed by atoms with Crippen LogP contribution in [0.2, 0.25) is 0 Å². The highest BCUT2D eigenvalue weighted by molar-refractivity contribution is 5.97. The first kappa shape index (κ1) is 17.9. The van der Waals surface area contributed by atoms with Gasteiger partial charge in [0.15, 0.2) is 11.6 Å². The van der Waals surface area contributed by atoms with Crippen LogP contribution in [0.15, 0.2) is 30.3 Å². The largest absolute Gasteiger partial charge is 0.332 e. The number of fused-ring (bicyclic) bond motifs is 1. The van der Waals surface area contributed by atoms with E-state index in [0.717, 1.165) is 56.8 Å². The highest BCUT2D eigenvalue weighted by Crippen LogP contribution is 2.33. The third kappa shape index (κ3) is 3.80. The summed E-state index contributed by atoms with van der Waals surface area (Å²) in [5.41, 5.74) is 0.672. The average molecular weight is 366 g/mol. The van der Waals surface area contributed by atoms with Crippen LogP contribution in [0.5, 0.6) is 0 Å². The molecule has 1 atom stereocenters. The van der Waals surface area contributed by atoms with Crippen LogP contribution in [0.3, 0.4) is 0 Å². The fourth-order valence-corrected chi connectivity index (χ4v) is 4.22. The molecule has 0 spiro atoms. The van der Waals surface area contributed by atoms with Crippen LogP contribution in [-0.2, 0) is 17.8 Å². The number of Topliss-reactive ketones (excluding diaryl/α,β-unsaturated/α-hetero) is 1. The highest BCUT2D eigenvalue weighted by Gasteiger charge is 2.34. The van der Waals surface area contributed by atoms with Crippen LogP contribution in [0.25, 0.3) is 0 Å². The second-order valence-electron chi connectivity index (χ2n) is 7.47. The van der Waals surface area contributed by atoms with Crippen molar-refractivity contribution < 1.29 is 9.59 Å². The van der Waals surface area contributed by atoms with E-state index >= 15 is 0 Å². The summed E-state index contributed by atoms with van der Waals surface area (Å²) < 4.78 is 2.23. The summed E-state index contributed by atoms with van der Waals surface area (Å²) in [5.74, 6) is 2.07. The van der Waals surface area contributed by atoms with Gasteiger partial charge in [-0.05, 0) is 25.7 Å². The van der Waals surface area contributed by atoms with Crippen molar-refractivity contribution in [1.29, 1.82) is 0 Å². The summed E-state index contributed by atoms with van der Waals surface area (Å²) in [7, 11) is 0. The molecule has 0 saturated carbocycles. The van der Waals surface area contributed by atoms with E-state index in [1.165, 1.54) is 6.42 Å². The molecule has 1 aromatic heterocycles. The Hall–Kier alpha value is -2.50. The molecule has 0 N–H and O–H groups in total. The molecule has 27 heavy (non-hydrogen) atoms. The minimum atomic E-state index is 0.00340.